The Hall–Kier alpha value is -2.48. The average molecular weight is 273 g/mol. The molecule has 1 heterocycles. The predicted molar refractivity (Wildman–Crippen MR) is 73.0 cm³/mol. The van der Waals surface area contributed by atoms with Gasteiger partial charge in [-0.25, -0.2) is 0 Å². The highest BCUT2D eigenvalue weighted by molar-refractivity contribution is 5.72. The van der Waals surface area contributed by atoms with Gasteiger partial charge in [-0.15, -0.1) is 0 Å². The minimum absolute atomic E-state index is 0.266. The highest BCUT2D eigenvalue weighted by Gasteiger charge is 2.30. The number of nitrogens with two attached hydrogens (primary N) is 1. The minimum Gasteiger partial charge on any atom is -0.399 e. The maximum Gasteiger partial charge on any atom is 0.289 e. The Kier molecular flexibility index (Phi) is 3.66. The van der Waals surface area contributed by atoms with Crippen molar-refractivity contribution in [1.82, 2.24) is 4.98 Å². The number of hydrogen-bond acceptors (Lipinski definition) is 3. The Morgan fingerprint density at radius 2 is 2.05 bits per heavy atom. The molecule has 0 aliphatic carbocycles. The van der Waals surface area contributed by atoms with E-state index < -0.39 is 5.92 Å². The normalized spacial score (nSPS) is 11.1. The fourth-order valence-corrected chi connectivity index (χ4v) is 1.86. The third-order valence-corrected chi connectivity index (χ3v) is 3.06. The first kappa shape index (κ1) is 13.9. The molecule has 0 amide bonds. The molecule has 0 unspecified atom stereocenters. The van der Waals surface area contributed by atoms with E-state index in [4.69, 9.17) is 11.0 Å². The lowest BCUT2D eigenvalue weighted by molar-refractivity contribution is -0.0127. The summed E-state index contributed by atoms with van der Waals surface area (Å²) in [6.07, 6.45) is 1.05. The molecular formula is C15H13F2N3. The molecule has 0 spiro atoms. The molecule has 2 N–H and O–H groups in total. The number of rotatable bonds is 3. The van der Waals surface area contributed by atoms with Crippen LogP contribution in [0.1, 0.15) is 24.6 Å². The molecule has 0 aliphatic rings. The number of pyridine rings is 1. The molecule has 0 saturated heterocycles. The summed E-state index contributed by atoms with van der Waals surface area (Å²) in [5, 5.41) is 9.08. The van der Waals surface area contributed by atoms with Gasteiger partial charge in [0.25, 0.3) is 5.92 Å². The first-order valence-electron chi connectivity index (χ1n) is 6.12. The molecule has 102 valence electrons. The van der Waals surface area contributed by atoms with Crippen molar-refractivity contribution in [1.29, 1.82) is 5.26 Å². The van der Waals surface area contributed by atoms with Gasteiger partial charge in [0, 0.05) is 29.4 Å². The third-order valence-electron chi connectivity index (χ3n) is 3.06. The van der Waals surface area contributed by atoms with E-state index >= 15 is 0 Å². The second kappa shape index (κ2) is 5.25. The maximum absolute atomic E-state index is 13.5. The van der Waals surface area contributed by atoms with Crippen LogP contribution in [0.3, 0.4) is 0 Å². The quantitative estimate of drug-likeness (QED) is 0.867. The summed E-state index contributed by atoms with van der Waals surface area (Å²) in [6, 6.07) is 9.75. The predicted octanol–water partition coefficient (Wildman–Crippen LogP) is 3.70. The number of nitrogen functional groups attached to an aromatic ring is 1. The third kappa shape index (κ3) is 2.59. The van der Waals surface area contributed by atoms with Crippen molar-refractivity contribution in [3.05, 3.63) is 47.8 Å². The van der Waals surface area contributed by atoms with Gasteiger partial charge < -0.3 is 5.73 Å². The molecule has 0 aliphatic heterocycles. The SMILES string of the molecule is CCC(F)(F)c1ccc(-c2ccc(N)cc2C#N)cn1. The van der Waals surface area contributed by atoms with Gasteiger partial charge in [0.05, 0.1) is 11.6 Å². The van der Waals surface area contributed by atoms with Crippen LogP contribution in [-0.4, -0.2) is 4.98 Å². The number of halogens is 2. The first-order chi connectivity index (χ1) is 9.47. The van der Waals surface area contributed by atoms with Gasteiger partial charge in [-0.2, -0.15) is 14.0 Å². The van der Waals surface area contributed by atoms with Crippen LogP contribution < -0.4 is 5.73 Å². The van der Waals surface area contributed by atoms with E-state index in [0.29, 0.717) is 22.4 Å². The highest BCUT2D eigenvalue weighted by atomic mass is 19.3. The molecule has 20 heavy (non-hydrogen) atoms. The lowest BCUT2D eigenvalue weighted by atomic mass is 10.0. The van der Waals surface area contributed by atoms with E-state index in [9.17, 15) is 8.78 Å². The van der Waals surface area contributed by atoms with Crippen molar-refractivity contribution in [2.75, 3.05) is 5.73 Å². The molecule has 0 radical (unpaired) electrons. The molecule has 0 atom stereocenters. The standard InChI is InChI=1S/C15H13F2N3/c1-2-15(16,17)14-6-3-10(9-20-14)13-5-4-12(19)7-11(13)8-18/h3-7,9H,2,19H2,1H3. The molecule has 0 bridgehead atoms. The van der Waals surface area contributed by atoms with Crippen LogP contribution in [0.2, 0.25) is 0 Å². The number of alkyl halides is 2. The molecule has 0 fully saturated rings. The zero-order valence-corrected chi connectivity index (χ0v) is 10.9. The largest absolute Gasteiger partial charge is 0.399 e. The van der Waals surface area contributed by atoms with Gasteiger partial charge in [0.1, 0.15) is 5.69 Å². The zero-order valence-electron chi connectivity index (χ0n) is 10.9. The molecular weight excluding hydrogens is 260 g/mol. The van der Waals surface area contributed by atoms with Gasteiger partial charge in [-0.05, 0) is 18.2 Å². The second-order valence-corrected chi connectivity index (χ2v) is 4.41. The lowest BCUT2D eigenvalue weighted by Crippen LogP contribution is -2.13. The van der Waals surface area contributed by atoms with Crippen LogP contribution in [0.5, 0.6) is 0 Å². The van der Waals surface area contributed by atoms with Gasteiger partial charge in [-0.3, -0.25) is 4.98 Å². The molecule has 3 nitrogen and oxygen atoms in total. The van der Waals surface area contributed by atoms with Gasteiger partial charge in [-0.1, -0.05) is 19.1 Å². The van der Waals surface area contributed by atoms with Crippen LogP contribution in [0.25, 0.3) is 11.1 Å². The first-order valence-corrected chi connectivity index (χ1v) is 6.12. The lowest BCUT2D eigenvalue weighted by Gasteiger charge is -2.13. The Morgan fingerprint density at radius 3 is 2.60 bits per heavy atom. The van der Waals surface area contributed by atoms with E-state index in [2.05, 4.69) is 4.98 Å². The van der Waals surface area contributed by atoms with E-state index in [0.717, 1.165) is 0 Å². The summed E-state index contributed by atoms with van der Waals surface area (Å²) in [6.45, 7) is 1.41. The summed E-state index contributed by atoms with van der Waals surface area (Å²) in [5.74, 6) is -2.93. The fraction of sp³-hybridized carbons (Fsp3) is 0.200. The highest BCUT2D eigenvalue weighted by Crippen LogP contribution is 2.31. The summed E-state index contributed by atoms with van der Waals surface area (Å²) in [4.78, 5) is 3.80. The van der Waals surface area contributed by atoms with Gasteiger partial charge in [0.2, 0.25) is 0 Å². The van der Waals surface area contributed by atoms with Crippen LogP contribution in [0.4, 0.5) is 14.5 Å². The average Bonchev–Trinajstić information content (AvgIpc) is 2.47. The molecule has 1 aromatic heterocycles. The molecule has 0 saturated carbocycles. The van der Waals surface area contributed by atoms with E-state index in [1.54, 1.807) is 18.2 Å². The van der Waals surface area contributed by atoms with E-state index in [1.807, 2.05) is 6.07 Å². The Morgan fingerprint density at radius 1 is 1.30 bits per heavy atom. The van der Waals surface area contributed by atoms with Crippen molar-refractivity contribution < 1.29 is 8.78 Å². The monoisotopic (exact) mass is 273 g/mol. The van der Waals surface area contributed by atoms with E-state index in [1.165, 1.54) is 25.3 Å². The Bertz CT molecular complexity index is 658. The summed E-state index contributed by atoms with van der Waals surface area (Å²) >= 11 is 0. The van der Waals surface area contributed by atoms with Crippen molar-refractivity contribution in [2.24, 2.45) is 0 Å². The molecule has 2 rings (SSSR count). The number of nitriles is 1. The van der Waals surface area contributed by atoms with Crippen LogP contribution in [0, 0.1) is 11.3 Å². The van der Waals surface area contributed by atoms with Crippen molar-refractivity contribution in [3.8, 4) is 17.2 Å². The summed E-state index contributed by atoms with van der Waals surface area (Å²) in [5.41, 5.74) is 7.45. The van der Waals surface area contributed by atoms with Gasteiger partial charge >= 0.3 is 0 Å². The van der Waals surface area contributed by atoms with Crippen molar-refractivity contribution >= 4 is 5.69 Å². The van der Waals surface area contributed by atoms with Crippen LogP contribution in [0.15, 0.2) is 36.5 Å². The number of benzene rings is 1. The number of anilines is 1. The van der Waals surface area contributed by atoms with Crippen molar-refractivity contribution in [3.63, 3.8) is 0 Å². The smallest absolute Gasteiger partial charge is 0.289 e. The number of aromatic nitrogens is 1. The van der Waals surface area contributed by atoms with E-state index in [-0.39, 0.29) is 12.1 Å². The molecule has 1 aromatic carbocycles. The van der Waals surface area contributed by atoms with Crippen molar-refractivity contribution in [2.45, 2.75) is 19.3 Å². The van der Waals surface area contributed by atoms with Crippen LogP contribution in [-0.2, 0) is 5.92 Å². The minimum atomic E-state index is -2.93. The van der Waals surface area contributed by atoms with Gasteiger partial charge in [0.15, 0.2) is 0 Å². The number of hydrogen-bond donors (Lipinski definition) is 1. The summed E-state index contributed by atoms with van der Waals surface area (Å²) in [7, 11) is 0. The maximum atomic E-state index is 13.5. The second-order valence-electron chi connectivity index (χ2n) is 4.41. The summed E-state index contributed by atoms with van der Waals surface area (Å²) < 4.78 is 27.0. The van der Waals surface area contributed by atoms with Crippen LogP contribution >= 0.6 is 0 Å². The fourth-order valence-electron chi connectivity index (χ4n) is 1.86. The molecule has 2 aromatic rings. The Balaban J connectivity index is 2.44. The Labute approximate surface area is 115 Å². The zero-order chi connectivity index (χ0) is 14.8. The topological polar surface area (TPSA) is 62.7 Å². The molecule has 5 heteroatoms. The number of nitrogens with zero attached hydrogens (tertiary/aromatic N) is 2.